The van der Waals surface area contributed by atoms with Crippen LogP contribution in [0.2, 0.25) is 0 Å². The van der Waals surface area contributed by atoms with Crippen molar-refractivity contribution in [2.24, 2.45) is 5.92 Å². The average Bonchev–Trinajstić information content (AvgIpc) is 2.95. The molecule has 1 unspecified atom stereocenters. The minimum atomic E-state index is 0.594. The van der Waals surface area contributed by atoms with Gasteiger partial charge in [-0.3, -0.25) is 4.40 Å². The van der Waals surface area contributed by atoms with E-state index in [4.69, 9.17) is 0 Å². The summed E-state index contributed by atoms with van der Waals surface area (Å²) in [5.41, 5.74) is 0.928. The van der Waals surface area contributed by atoms with Crippen molar-refractivity contribution >= 4 is 17.4 Å². The largest absolute Gasteiger partial charge is 0.313 e. The molecule has 2 aromatic heterocycles. The lowest BCUT2D eigenvalue weighted by Gasteiger charge is -2.30. The topological polar surface area (TPSA) is 42.2 Å². The molecule has 1 atom stereocenters. The molecule has 3 rings (SSSR count). The molecule has 0 saturated heterocycles. The van der Waals surface area contributed by atoms with Crippen molar-refractivity contribution in [1.29, 1.82) is 0 Å². The molecule has 1 N–H and O–H groups in total. The molecule has 1 saturated carbocycles. The standard InChI is InChI=1S/C16H24N4S/c1-2-17-14(13-8-4-3-5-9-13)12-21-16-19-18-15-10-6-7-11-20(15)16/h6-7,10-11,13-14,17H,2-5,8-9,12H2,1H3. The van der Waals surface area contributed by atoms with E-state index >= 15 is 0 Å². The Labute approximate surface area is 130 Å². The van der Waals surface area contributed by atoms with Gasteiger partial charge in [0.05, 0.1) is 0 Å². The third-order valence-corrected chi connectivity index (χ3v) is 5.42. The Kier molecular flexibility index (Phi) is 5.14. The van der Waals surface area contributed by atoms with E-state index < -0.39 is 0 Å². The van der Waals surface area contributed by atoms with Gasteiger partial charge in [-0.15, -0.1) is 10.2 Å². The summed E-state index contributed by atoms with van der Waals surface area (Å²) in [7, 11) is 0. The highest BCUT2D eigenvalue weighted by Crippen LogP contribution is 2.29. The SMILES string of the molecule is CCNC(CSc1nnc2ccccn12)C1CCCCC1. The van der Waals surface area contributed by atoms with E-state index in [1.54, 1.807) is 0 Å². The van der Waals surface area contributed by atoms with Crippen LogP contribution in [0.25, 0.3) is 5.65 Å². The van der Waals surface area contributed by atoms with Crippen molar-refractivity contribution in [3.8, 4) is 0 Å². The predicted octanol–water partition coefficient (Wildman–Crippen LogP) is 3.38. The van der Waals surface area contributed by atoms with Gasteiger partial charge in [-0.05, 0) is 37.4 Å². The second-order valence-corrected chi connectivity index (χ2v) is 6.77. The summed E-state index contributed by atoms with van der Waals surface area (Å²) in [4.78, 5) is 0. The fourth-order valence-electron chi connectivity index (χ4n) is 3.24. The molecule has 1 aliphatic rings. The van der Waals surface area contributed by atoms with Crippen molar-refractivity contribution in [3.63, 3.8) is 0 Å². The van der Waals surface area contributed by atoms with Gasteiger partial charge < -0.3 is 5.32 Å². The van der Waals surface area contributed by atoms with Crippen LogP contribution in [0.15, 0.2) is 29.6 Å². The third kappa shape index (κ3) is 3.58. The van der Waals surface area contributed by atoms with Crippen LogP contribution in [0.3, 0.4) is 0 Å². The van der Waals surface area contributed by atoms with Gasteiger partial charge in [-0.25, -0.2) is 0 Å². The predicted molar refractivity (Wildman–Crippen MR) is 87.8 cm³/mol. The molecule has 2 aromatic rings. The molecule has 0 amide bonds. The first kappa shape index (κ1) is 14.9. The van der Waals surface area contributed by atoms with Crippen LogP contribution in [0.4, 0.5) is 0 Å². The lowest BCUT2D eigenvalue weighted by Crippen LogP contribution is -2.39. The molecule has 0 aliphatic heterocycles. The maximum atomic E-state index is 4.32. The lowest BCUT2D eigenvalue weighted by atomic mass is 9.84. The lowest BCUT2D eigenvalue weighted by molar-refractivity contribution is 0.288. The molecule has 0 bridgehead atoms. The molecule has 1 aliphatic carbocycles. The van der Waals surface area contributed by atoms with Crippen LogP contribution in [0.5, 0.6) is 0 Å². The molecule has 21 heavy (non-hydrogen) atoms. The number of nitrogens with zero attached hydrogens (tertiary/aromatic N) is 3. The first-order valence-electron chi connectivity index (χ1n) is 8.04. The quantitative estimate of drug-likeness (QED) is 0.831. The number of hydrogen-bond acceptors (Lipinski definition) is 4. The van der Waals surface area contributed by atoms with E-state index in [2.05, 4.69) is 26.8 Å². The summed E-state index contributed by atoms with van der Waals surface area (Å²) in [5.74, 6) is 1.90. The number of fused-ring (bicyclic) bond motifs is 1. The highest BCUT2D eigenvalue weighted by Gasteiger charge is 2.23. The Morgan fingerprint density at radius 1 is 1.29 bits per heavy atom. The molecule has 0 spiro atoms. The molecule has 2 heterocycles. The molecular formula is C16H24N4S. The van der Waals surface area contributed by atoms with Crippen molar-refractivity contribution in [2.75, 3.05) is 12.3 Å². The summed E-state index contributed by atoms with van der Waals surface area (Å²) in [6, 6.07) is 6.63. The minimum absolute atomic E-state index is 0.594. The summed E-state index contributed by atoms with van der Waals surface area (Å²) in [5, 5.41) is 13.2. The Morgan fingerprint density at radius 3 is 2.95 bits per heavy atom. The Balaban J connectivity index is 1.65. The summed E-state index contributed by atoms with van der Waals surface area (Å²) in [6.07, 6.45) is 8.99. The molecule has 1 fully saturated rings. The Morgan fingerprint density at radius 2 is 2.14 bits per heavy atom. The van der Waals surface area contributed by atoms with Crippen LogP contribution in [-0.4, -0.2) is 32.9 Å². The van der Waals surface area contributed by atoms with Crippen molar-refractivity contribution < 1.29 is 0 Å². The molecule has 5 heteroatoms. The van der Waals surface area contributed by atoms with Gasteiger partial charge in [0.1, 0.15) is 0 Å². The van der Waals surface area contributed by atoms with Crippen molar-refractivity contribution in [1.82, 2.24) is 19.9 Å². The van der Waals surface area contributed by atoms with Gasteiger partial charge in [0.25, 0.3) is 0 Å². The first-order chi connectivity index (χ1) is 10.4. The molecule has 0 radical (unpaired) electrons. The monoisotopic (exact) mass is 304 g/mol. The maximum Gasteiger partial charge on any atom is 0.195 e. The number of aromatic nitrogens is 3. The molecular weight excluding hydrogens is 280 g/mol. The minimum Gasteiger partial charge on any atom is -0.313 e. The highest BCUT2D eigenvalue weighted by atomic mass is 32.2. The van der Waals surface area contributed by atoms with Crippen molar-refractivity contribution in [3.05, 3.63) is 24.4 Å². The number of nitrogens with one attached hydrogen (secondary N) is 1. The fraction of sp³-hybridized carbons (Fsp3) is 0.625. The highest BCUT2D eigenvalue weighted by molar-refractivity contribution is 7.99. The Bertz CT molecular complexity index is 562. The summed E-state index contributed by atoms with van der Waals surface area (Å²) >= 11 is 1.83. The van der Waals surface area contributed by atoms with Gasteiger partial charge in [0, 0.05) is 18.0 Å². The van der Waals surface area contributed by atoms with Crippen LogP contribution < -0.4 is 5.32 Å². The van der Waals surface area contributed by atoms with E-state index in [0.717, 1.165) is 29.0 Å². The summed E-state index contributed by atoms with van der Waals surface area (Å²) in [6.45, 7) is 3.25. The Hall–Kier alpha value is -1.07. The van der Waals surface area contributed by atoms with E-state index in [1.807, 2.05) is 36.2 Å². The van der Waals surface area contributed by atoms with Crippen LogP contribution >= 0.6 is 11.8 Å². The smallest absolute Gasteiger partial charge is 0.195 e. The van der Waals surface area contributed by atoms with Gasteiger partial charge in [0.2, 0.25) is 0 Å². The normalized spacial score (nSPS) is 18.1. The average molecular weight is 304 g/mol. The first-order valence-corrected chi connectivity index (χ1v) is 9.03. The van der Waals surface area contributed by atoms with E-state index in [0.29, 0.717) is 6.04 Å². The number of thioether (sulfide) groups is 1. The number of hydrogen-bond donors (Lipinski definition) is 1. The second-order valence-electron chi connectivity index (χ2n) is 5.78. The zero-order chi connectivity index (χ0) is 14.5. The van der Waals surface area contributed by atoms with Gasteiger partial charge >= 0.3 is 0 Å². The number of rotatable bonds is 6. The van der Waals surface area contributed by atoms with E-state index in [1.165, 1.54) is 32.1 Å². The zero-order valence-corrected chi connectivity index (χ0v) is 13.5. The number of pyridine rings is 1. The van der Waals surface area contributed by atoms with Gasteiger partial charge in [-0.1, -0.05) is 44.0 Å². The van der Waals surface area contributed by atoms with Crippen LogP contribution in [0.1, 0.15) is 39.0 Å². The van der Waals surface area contributed by atoms with Crippen LogP contribution in [0, 0.1) is 5.92 Å². The van der Waals surface area contributed by atoms with Gasteiger partial charge in [0.15, 0.2) is 10.8 Å². The van der Waals surface area contributed by atoms with Gasteiger partial charge in [-0.2, -0.15) is 0 Å². The molecule has 114 valence electrons. The van der Waals surface area contributed by atoms with E-state index in [9.17, 15) is 0 Å². The van der Waals surface area contributed by atoms with E-state index in [-0.39, 0.29) is 0 Å². The molecule has 0 aromatic carbocycles. The molecule has 4 nitrogen and oxygen atoms in total. The van der Waals surface area contributed by atoms with Crippen molar-refractivity contribution in [2.45, 2.75) is 50.2 Å². The third-order valence-electron chi connectivity index (χ3n) is 4.36. The zero-order valence-electron chi connectivity index (χ0n) is 12.7. The summed E-state index contributed by atoms with van der Waals surface area (Å²) < 4.78 is 2.08. The van der Waals surface area contributed by atoms with Crippen LogP contribution in [-0.2, 0) is 0 Å². The fourth-order valence-corrected chi connectivity index (χ4v) is 4.35. The maximum absolute atomic E-state index is 4.32. The second kappa shape index (κ2) is 7.27.